The van der Waals surface area contributed by atoms with Crippen LogP contribution in [0.4, 0.5) is 18.9 Å². The molecule has 0 bridgehead atoms. The molecular formula is C26H19AsF3N5O2. The first-order valence-corrected chi connectivity index (χ1v) is 13.1. The zero-order valence-electron chi connectivity index (χ0n) is 19.3. The Kier molecular flexibility index (Phi) is 6.67. The van der Waals surface area contributed by atoms with E-state index >= 15 is 0 Å². The summed E-state index contributed by atoms with van der Waals surface area (Å²) in [7, 11) is 1.60. The molecule has 0 saturated heterocycles. The van der Waals surface area contributed by atoms with Gasteiger partial charge in [0.15, 0.2) is 0 Å². The van der Waals surface area contributed by atoms with Gasteiger partial charge in [-0.05, 0) is 0 Å². The maximum absolute atomic E-state index is 13.0. The molecule has 37 heavy (non-hydrogen) atoms. The van der Waals surface area contributed by atoms with Crippen molar-refractivity contribution in [3.63, 3.8) is 0 Å². The average molecular weight is 565 g/mol. The van der Waals surface area contributed by atoms with Crippen LogP contribution in [0, 0.1) is 0 Å². The Morgan fingerprint density at radius 3 is 2.54 bits per heavy atom. The molecule has 2 heterocycles. The molecule has 0 saturated carbocycles. The number of nitrogens with one attached hydrogen (secondary N) is 1. The van der Waals surface area contributed by atoms with Gasteiger partial charge < -0.3 is 0 Å². The predicted molar refractivity (Wildman–Crippen MR) is 135 cm³/mol. The SMILES string of the molecule is COc1ccc(-n2ncc3c([AsH]c4cccc(C(=O)Nc5cccc(C(F)(F)F)c5)c4)ncnc32)cc1. The first-order valence-electron chi connectivity index (χ1n) is 11.0. The van der Waals surface area contributed by atoms with Gasteiger partial charge in [0.25, 0.3) is 0 Å². The number of nitrogens with zero attached hydrogens (tertiary/aromatic N) is 4. The molecule has 11 heteroatoms. The van der Waals surface area contributed by atoms with E-state index < -0.39 is 33.4 Å². The van der Waals surface area contributed by atoms with Crippen molar-refractivity contribution >= 4 is 47.2 Å². The Morgan fingerprint density at radius 2 is 1.78 bits per heavy atom. The standard InChI is InChI=1S/C26H19AsF3N5O2/c1-37-21-10-8-20(9-11-21)35-24-22(14-33-35)23(31-15-32-24)27-18-6-2-4-16(12-18)25(36)34-19-7-3-5-17(13-19)26(28,29)30/h2-15,27H,1H3,(H,34,36). The number of carbonyl (C=O) groups excluding carboxylic acids is 1. The molecule has 3 aromatic carbocycles. The summed E-state index contributed by atoms with van der Waals surface area (Å²) in [6, 6.07) is 19.0. The van der Waals surface area contributed by atoms with E-state index in [1.54, 1.807) is 36.2 Å². The molecule has 0 aliphatic carbocycles. The summed E-state index contributed by atoms with van der Waals surface area (Å²) in [6.07, 6.45) is -1.27. The van der Waals surface area contributed by atoms with Gasteiger partial charge in [0, 0.05) is 0 Å². The summed E-state index contributed by atoms with van der Waals surface area (Å²) in [5, 5.41) is 7.85. The van der Waals surface area contributed by atoms with Gasteiger partial charge in [-0.15, -0.1) is 0 Å². The molecule has 5 aromatic rings. The molecule has 0 fully saturated rings. The second-order valence-electron chi connectivity index (χ2n) is 7.95. The number of aromatic nitrogens is 4. The molecule has 5 rings (SSSR count). The number of anilines is 1. The van der Waals surface area contributed by atoms with Gasteiger partial charge in [-0.3, -0.25) is 0 Å². The third-order valence-electron chi connectivity index (χ3n) is 5.52. The van der Waals surface area contributed by atoms with E-state index in [1.807, 2.05) is 30.3 Å². The van der Waals surface area contributed by atoms with Crippen LogP contribution in [0.25, 0.3) is 16.7 Å². The Labute approximate surface area is 216 Å². The maximum atomic E-state index is 13.0. The number of carbonyl (C=O) groups is 1. The first kappa shape index (κ1) is 24.5. The fourth-order valence-electron chi connectivity index (χ4n) is 3.71. The number of halogens is 3. The van der Waals surface area contributed by atoms with Crippen LogP contribution >= 0.6 is 0 Å². The first-order chi connectivity index (χ1) is 17.8. The van der Waals surface area contributed by atoms with Crippen molar-refractivity contribution in [2.75, 3.05) is 12.4 Å². The Bertz CT molecular complexity index is 1590. The topological polar surface area (TPSA) is 81.9 Å². The van der Waals surface area contributed by atoms with Crippen LogP contribution in [0.15, 0.2) is 85.3 Å². The van der Waals surface area contributed by atoms with E-state index in [0.717, 1.165) is 37.8 Å². The number of benzene rings is 3. The number of alkyl halides is 3. The minimum absolute atomic E-state index is 0.0738. The van der Waals surface area contributed by atoms with Gasteiger partial charge in [-0.1, -0.05) is 0 Å². The Hall–Kier alpha value is -4.17. The van der Waals surface area contributed by atoms with Gasteiger partial charge in [-0.25, -0.2) is 0 Å². The molecule has 0 spiro atoms. The number of hydrogen-bond donors (Lipinski definition) is 1. The quantitative estimate of drug-likeness (QED) is 0.319. The predicted octanol–water partition coefficient (Wildman–Crippen LogP) is 3.48. The average Bonchev–Trinajstić information content (AvgIpc) is 3.34. The molecule has 1 unspecified atom stereocenters. The molecule has 2 aromatic heterocycles. The number of rotatable bonds is 6. The van der Waals surface area contributed by atoms with Gasteiger partial charge in [0.2, 0.25) is 0 Å². The summed E-state index contributed by atoms with van der Waals surface area (Å²) in [4.78, 5) is 21.7. The number of fused-ring (bicyclic) bond motifs is 1. The van der Waals surface area contributed by atoms with E-state index in [1.165, 1.54) is 18.5 Å². The fourth-order valence-corrected chi connectivity index (χ4v) is 6.04. The zero-order valence-corrected chi connectivity index (χ0v) is 21.4. The molecule has 7 nitrogen and oxygen atoms in total. The molecule has 186 valence electrons. The van der Waals surface area contributed by atoms with Crippen molar-refractivity contribution in [2.45, 2.75) is 6.18 Å². The van der Waals surface area contributed by atoms with Gasteiger partial charge >= 0.3 is 216 Å². The fraction of sp³-hybridized carbons (Fsp3) is 0.0769. The van der Waals surface area contributed by atoms with Crippen molar-refractivity contribution in [1.29, 1.82) is 0 Å². The Balaban J connectivity index is 1.37. The number of ether oxygens (including phenoxy) is 1. The van der Waals surface area contributed by atoms with Gasteiger partial charge in [0.05, 0.1) is 0 Å². The van der Waals surface area contributed by atoms with E-state index in [9.17, 15) is 18.0 Å². The third-order valence-corrected chi connectivity index (χ3v) is 8.11. The van der Waals surface area contributed by atoms with Crippen LogP contribution in [0.1, 0.15) is 15.9 Å². The van der Waals surface area contributed by atoms with E-state index in [4.69, 9.17) is 4.74 Å². The zero-order chi connectivity index (χ0) is 26.0. The number of hydrogen-bond acceptors (Lipinski definition) is 5. The monoisotopic (exact) mass is 565 g/mol. The van der Waals surface area contributed by atoms with E-state index in [-0.39, 0.29) is 5.69 Å². The van der Waals surface area contributed by atoms with E-state index in [0.29, 0.717) is 11.2 Å². The summed E-state index contributed by atoms with van der Waals surface area (Å²) < 4.78 is 47.7. The molecular weight excluding hydrogens is 546 g/mol. The molecule has 1 N–H and O–H groups in total. The number of amides is 1. The number of methoxy groups -OCH3 is 1. The molecule has 0 aliphatic heterocycles. The Morgan fingerprint density at radius 1 is 1.00 bits per heavy atom. The second-order valence-corrected chi connectivity index (χ2v) is 10.7. The third kappa shape index (κ3) is 5.34. The summed E-state index contributed by atoms with van der Waals surface area (Å²) in [5.74, 6) is 0.243. The van der Waals surface area contributed by atoms with Crippen LogP contribution in [0.3, 0.4) is 0 Å². The second kappa shape index (κ2) is 10.1. The molecule has 1 atom stereocenters. The van der Waals surface area contributed by atoms with Crippen molar-refractivity contribution in [3.05, 3.63) is 96.4 Å². The molecule has 0 aliphatic rings. The van der Waals surface area contributed by atoms with Gasteiger partial charge in [0.1, 0.15) is 0 Å². The van der Waals surface area contributed by atoms with Crippen molar-refractivity contribution in [2.24, 2.45) is 0 Å². The van der Waals surface area contributed by atoms with Crippen LogP contribution in [-0.4, -0.2) is 48.5 Å². The summed E-state index contributed by atoms with van der Waals surface area (Å²) in [5.41, 5.74) is 1.09. The van der Waals surface area contributed by atoms with Crippen LogP contribution < -0.4 is 18.9 Å². The van der Waals surface area contributed by atoms with Crippen molar-refractivity contribution in [3.8, 4) is 11.4 Å². The summed E-state index contributed by atoms with van der Waals surface area (Å²) in [6.45, 7) is 0. The minimum atomic E-state index is -4.49. The molecule has 1 amide bonds. The van der Waals surface area contributed by atoms with E-state index in [2.05, 4.69) is 20.4 Å². The van der Waals surface area contributed by atoms with Crippen molar-refractivity contribution in [1.82, 2.24) is 19.7 Å². The summed E-state index contributed by atoms with van der Waals surface area (Å²) >= 11 is -0.981. The normalized spacial score (nSPS) is 11.8. The van der Waals surface area contributed by atoms with Gasteiger partial charge in [-0.2, -0.15) is 0 Å². The van der Waals surface area contributed by atoms with Crippen molar-refractivity contribution < 1.29 is 22.7 Å². The van der Waals surface area contributed by atoms with Crippen LogP contribution in [-0.2, 0) is 6.18 Å². The van der Waals surface area contributed by atoms with Crippen LogP contribution in [0.2, 0.25) is 0 Å². The molecule has 0 radical (unpaired) electrons. The van der Waals surface area contributed by atoms with Crippen LogP contribution in [0.5, 0.6) is 5.75 Å².